The van der Waals surface area contributed by atoms with Crippen LogP contribution in [0.15, 0.2) is 53.3 Å². The maximum atomic E-state index is 13.5. The lowest BCUT2D eigenvalue weighted by Crippen LogP contribution is -2.44. The van der Waals surface area contributed by atoms with Gasteiger partial charge in [-0.3, -0.25) is 24.3 Å². The predicted molar refractivity (Wildman–Crippen MR) is 111 cm³/mol. The number of likely N-dealkylation sites (tertiary alicyclic amines) is 1. The van der Waals surface area contributed by atoms with Gasteiger partial charge in [0.15, 0.2) is 6.10 Å². The van der Waals surface area contributed by atoms with Crippen molar-refractivity contribution in [3.05, 3.63) is 58.8 Å². The van der Waals surface area contributed by atoms with E-state index in [1.165, 1.54) is 11.3 Å². The van der Waals surface area contributed by atoms with Crippen molar-refractivity contribution in [3.63, 3.8) is 0 Å². The second-order valence-electron chi connectivity index (χ2n) is 7.92. The largest absolute Gasteiger partial charge is 0.277 e. The molecule has 2 amide bonds. The number of nitrogens with zero attached hydrogens (tertiary/aromatic N) is 3. The number of imide groups is 1. The Morgan fingerprint density at radius 3 is 2.45 bits per heavy atom. The van der Waals surface area contributed by atoms with E-state index in [4.69, 9.17) is 4.84 Å². The summed E-state index contributed by atoms with van der Waals surface area (Å²) < 4.78 is 0.953. The van der Waals surface area contributed by atoms with E-state index in [0.717, 1.165) is 41.4 Å². The maximum Gasteiger partial charge on any atom is 0.262 e. The zero-order valence-electron chi connectivity index (χ0n) is 15.9. The van der Waals surface area contributed by atoms with Crippen LogP contribution >= 0.6 is 15.9 Å². The number of anilines is 1. The van der Waals surface area contributed by atoms with Gasteiger partial charge in [-0.1, -0.05) is 41.3 Å². The van der Waals surface area contributed by atoms with Crippen LogP contribution in [0.1, 0.15) is 43.7 Å². The zero-order chi connectivity index (χ0) is 20.0. The molecule has 1 aromatic carbocycles. The molecule has 1 saturated carbocycles. The minimum atomic E-state index is -0.779. The van der Waals surface area contributed by atoms with Gasteiger partial charge in [-0.05, 0) is 48.7 Å². The Bertz CT molecular complexity index is 915. The summed E-state index contributed by atoms with van der Waals surface area (Å²) in [6.07, 6.45) is 7.77. The summed E-state index contributed by atoms with van der Waals surface area (Å²) in [4.78, 5) is 38.6. The molecule has 3 atom stereocenters. The molecular formula is C22H22BrN3O3. The Labute approximate surface area is 177 Å². The van der Waals surface area contributed by atoms with Crippen LogP contribution in [0.4, 0.5) is 5.69 Å². The molecule has 2 saturated heterocycles. The van der Waals surface area contributed by atoms with Gasteiger partial charge in [-0.2, -0.15) is 0 Å². The van der Waals surface area contributed by atoms with Gasteiger partial charge < -0.3 is 0 Å². The van der Waals surface area contributed by atoms with Crippen LogP contribution in [0.2, 0.25) is 0 Å². The van der Waals surface area contributed by atoms with Crippen molar-refractivity contribution in [2.45, 2.75) is 50.3 Å². The molecule has 1 aliphatic carbocycles. The minimum Gasteiger partial charge on any atom is -0.277 e. The number of carbonyl (C=O) groups excluding carboxylic acids is 2. The maximum absolute atomic E-state index is 13.5. The molecule has 3 fully saturated rings. The molecule has 0 N–H and O–H groups in total. The first-order valence-electron chi connectivity index (χ1n) is 10.1. The molecule has 3 aliphatic rings. The van der Waals surface area contributed by atoms with Gasteiger partial charge in [-0.15, -0.1) is 0 Å². The summed E-state index contributed by atoms with van der Waals surface area (Å²) in [5.74, 6) is -0.863. The van der Waals surface area contributed by atoms with Crippen molar-refractivity contribution in [2.24, 2.45) is 5.92 Å². The molecule has 5 rings (SSSR count). The number of rotatable bonds is 3. The van der Waals surface area contributed by atoms with Crippen LogP contribution in [0.25, 0.3) is 0 Å². The molecule has 2 aromatic rings. The van der Waals surface area contributed by atoms with Gasteiger partial charge in [-0.25, -0.2) is 5.06 Å². The summed E-state index contributed by atoms with van der Waals surface area (Å²) in [6, 6.07) is 11.1. The smallest absolute Gasteiger partial charge is 0.262 e. The zero-order valence-corrected chi connectivity index (χ0v) is 17.5. The van der Waals surface area contributed by atoms with Gasteiger partial charge >= 0.3 is 0 Å². The molecule has 150 valence electrons. The van der Waals surface area contributed by atoms with E-state index >= 15 is 0 Å². The highest BCUT2D eigenvalue weighted by atomic mass is 79.9. The minimum absolute atomic E-state index is 0.00799. The van der Waals surface area contributed by atoms with Gasteiger partial charge in [0.1, 0.15) is 5.92 Å². The van der Waals surface area contributed by atoms with Crippen LogP contribution < -0.4 is 5.06 Å². The Balaban J connectivity index is 1.53. The average Bonchev–Trinajstić information content (AvgIpc) is 3.26. The molecule has 0 radical (unpaired) electrons. The van der Waals surface area contributed by atoms with Crippen LogP contribution in [-0.4, -0.2) is 33.8 Å². The highest BCUT2D eigenvalue weighted by Crippen LogP contribution is 2.47. The van der Waals surface area contributed by atoms with E-state index in [1.54, 1.807) is 17.5 Å². The van der Waals surface area contributed by atoms with Crippen LogP contribution in [0.5, 0.6) is 0 Å². The molecule has 1 aromatic heterocycles. The number of benzene rings is 1. The van der Waals surface area contributed by atoms with Crippen molar-refractivity contribution in [2.75, 3.05) is 5.06 Å². The Kier molecular flexibility index (Phi) is 4.87. The molecule has 2 aliphatic heterocycles. The highest BCUT2D eigenvalue weighted by Gasteiger charge is 2.61. The summed E-state index contributed by atoms with van der Waals surface area (Å²) in [7, 11) is 0. The molecule has 0 unspecified atom stereocenters. The number of hydroxylamine groups is 1. The first-order chi connectivity index (χ1) is 14.1. The van der Waals surface area contributed by atoms with Crippen molar-refractivity contribution < 1.29 is 14.4 Å². The third-order valence-electron chi connectivity index (χ3n) is 6.20. The van der Waals surface area contributed by atoms with E-state index in [1.807, 2.05) is 36.4 Å². The molecule has 7 heteroatoms. The fourth-order valence-corrected chi connectivity index (χ4v) is 5.10. The number of aromatic nitrogens is 1. The second-order valence-corrected chi connectivity index (χ2v) is 8.84. The number of carbonyl (C=O) groups is 2. The Hall–Kier alpha value is -2.25. The fraction of sp³-hybridized carbons (Fsp3) is 0.409. The number of fused-ring (bicyclic) bond motifs is 1. The van der Waals surface area contributed by atoms with Crippen molar-refractivity contribution in [1.82, 2.24) is 9.88 Å². The topological polar surface area (TPSA) is 62.7 Å². The lowest BCUT2D eigenvalue weighted by Gasteiger charge is -2.33. The van der Waals surface area contributed by atoms with E-state index in [0.29, 0.717) is 0 Å². The van der Waals surface area contributed by atoms with E-state index in [9.17, 15) is 9.59 Å². The first-order valence-corrected chi connectivity index (χ1v) is 10.9. The number of hydrogen-bond donors (Lipinski definition) is 0. The van der Waals surface area contributed by atoms with Crippen molar-refractivity contribution in [3.8, 4) is 0 Å². The fourth-order valence-electron chi connectivity index (χ4n) is 4.84. The third-order valence-corrected chi connectivity index (χ3v) is 6.73. The lowest BCUT2D eigenvalue weighted by molar-refractivity contribution is -0.146. The van der Waals surface area contributed by atoms with Crippen LogP contribution in [0, 0.1) is 5.92 Å². The number of halogens is 1. The highest BCUT2D eigenvalue weighted by molar-refractivity contribution is 9.10. The van der Waals surface area contributed by atoms with Crippen LogP contribution in [-0.2, 0) is 14.4 Å². The molecule has 0 spiro atoms. The summed E-state index contributed by atoms with van der Waals surface area (Å²) >= 11 is 3.45. The molecule has 3 heterocycles. The lowest BCUT2D eigenvalue weighted by atomic mass is 9.91. The van der Waals surface area contributed by atoms with Gasteiger partial charge in [0, 0.05) is 22.9 Å². The quantitative estimate of drug-likeness (QED) is 0.653. The Morgan fingerprint density at radius 2 is 1.76 bits per heavy atom. The van der Waals surface area contributed by atoms with E-state index in [-0.39, 0.29) is 23.9 Å². The molecular weight excluding hydrogens is 434 g/mol. The second kappa shape index (κ2) is 7.54. The van der Waals surface area contributed by atoms with E-state index in [2.05, 4.69) is 20.9 Å². The molecule has 0 bridgehead atoms. The Morgan fingerprint density at radius 1 is 1.00 bits per heavy atom. The molecule has 29 heavy (non-hydrogen) atoms. The van der Waals surface area contributed by atoms with Crippen LogP contribution in [0.3, 0.4) is 0 Å². The summed E-state index contributed by atoms with van der Waals surface area (Å²) in [6.45, 7) is 0. The number of amides is 2. The number of pyridine rings is 1. The SMILES string of the molecule is O=C1[C@H]2[C@H](ON(c3ccc(Br)cc3)[C@H]2c2cccnc2)C(=O)N1C1CCCCC1. The first kappa shape index (κ1) is 18.8. The normalized spacial score (nSPS) is 27.6. The standard InChI is InChI=1S/C22H22BrN3O3/c23-15-8-10-17(11-9-15)26-19(14-5-4-12-24-13-14)18-20(29-26)22(28)25(21(18)27)16-6-2-1-3-7-16/h4-5,8-13,16,18-20H,1-3,6-7H2/t18-,19+,20+/m1/s1. The predicted octanol–water partition coefficient (Wildman–Crippen LogP) is 4.02. The van der Waals surface area contributed by atoms with Gasteiger partial charge in [0.05, 0.1) is 11.7 Å². The van der Waals surface area contributed by atoms with E-state index < -0.39 is 12.0 Å². The monoisotopic (exact) mass is 455 g/mol. The summed E-state index contributed by atoms with van der Waals surface area (Å²) in [5, 5.41) is 1.72. The third kappa shape index (κ3) is 3.16. The summed E-state index contributed by atoms with van der Waals surface area (Å²) in [5.41, 5.74) is 1.68. The van der Waals surface area contributed by atoms with Gasteiger partial charge in [0.2, 0.25) is 5.91 Å². The number of hydrogen-bond acceptors (Lipinski definition) is 5. The average molecular weight is 456 g/mol. The van der Waals surface area contributed by atoms with Gasteiger partial charge in [0.25, 0.3) is 5.91 Å². The molecule has 6 nitrogen and oxygen atoms in total. The van der Waals surface area contributed by atoms with Crippen molar-refractivity contribution in [1.29, 1.82) is 0 Å². The van der Waals surface area contributed by atoms with Crippen molar-refractivity contribution >= 4 is 33.4 Å².